The molecule has 0 spiro atoms. The van der Waals surface area contributed by atoms with Gasteiger partial charge in [0, 0.05) is 10.9 Å². The van der Waals surface area contributed by atoms with Crippen molar-refractivity contribution in [2.45, 2.75) is 51.5 Å². The SMILES string of the molecule is COC(=O)CC1(CC(N)c2sccc2C)CCCC1. The van der Waals surface area contributed by atoms with Crippen molar-refractivity contribution in [1.29, 1.82) is 0 Å². The summed E-state index contributed by atoms with van der Waals surface area (Å²) in [4.78, 5) is 12.9. The van der Waals surface area contributed by atoms with Crippen molar-refractivity contribution < 1.29 is 9.53 Å². The Morgan fingerprint density at radius 1 is 1.53 bits per heavy atom. The van der Waals surface area contributed by atoms with E-state index in [0.717, 1.165) is 19.3 Å². The van der Waals surface area contributed by atoms with Gasteiger partial charge in [0.2, 0.25) is 0 Å². The highest BCUT2D eigenvalue weighted by Crippen LogP contribution is 2.47. The maximum atomic E-state index is 11.6. The van der Waals surface area contributed by atoms with Gasteiger partial charge in [-0.2, -0.15) is 0 Å². The van der Waals surface area contributed by atoms with Gasteiger partial charge in [-0.15, -0.1) is 11.3 Å². The molecule has 1 heterocycles. The first-order chi connectivity index (χ1) is 9.06. The zero-order chi connectivity index (χ0) is 13.9. The average Bonchev–Trinajstić information content (AvgIpc) is 2.98. The van der Waals surface area contributed by atoms with Gasteiger partial charge in [0.25, 0.3) is 0 Å². The van der Waals surface area contributed by atoms with Crippen LogP contribution < -0.4 is 5.73 Å². The van der Waals surface area contributed by atoms with E-state index in [4.69, 9.17) is 10.5 Å². The number of ether oxygens (including phenoxy) is 1. The van der Waals surface area contributed by atoms with Crippen molar-refractivity contribution >= 4 is 17.3 Å². The first-order valence-corrected chi connectivity index (χ1v) is 7.81. The highest BCUT2D eigenvalue weighted by atomic mass is 32.1. The number of methoxy groups -OCH3 is 1. The minimum atomic E-state index is -0.1000. The van der Waals surface area contributed by atoms with E-state index in [-0.39, 0.29) is 17.4 Å². The molecule has 1 aliphatic carbocycles. The Labute approximate surface area is 119 Å². The molecule has 4 heteroatoms. The molecule has 3 nitrogen and oxygen atoms in total. The van der Waals surface area contributed by atoms with Gasteiger partial charge in [-0.1, -0.05) is 12.8 Å². The van der Waals surface area contributed by atoms with Gasteiger partial charge in [-0.25, -0.2) is 0 Å². The van der Waals surface area contributed by atoms with Crippen molar-refractivity contribution in [3.8, 4) is 0 Å². The van der Waals surface area contributed by atoms with Crippen molar-refractivity contribution in [2.75, 3.05) is 7.11 Å². The second-order valence-corrected chi connectivity index (χ2v) is 6.69. The molecule has 0 aliphatic heterocycles. The van der Waals surface area contributed by atoms with E-state index < -0.39 is 0 Å². The normalized spacial score (nSPS) is 19.3. The minimum Gasteiger partial charge on any atom is -0.469 e. The van der Waals surface area contributed by atoms with Crippen LogP contribution in [0.4, 0.5) is 0 Å². The van der Waals surface area contributed by atoms with Crippen molar-refractivity contribution in [1.82, 2.24) is 0 Å². The van der Waals surface area contributed by atoms with Gasteiger partial charge in [0.15, 0.2) is 0 Å². The largest absolute Gasteiger partial charge is 0.469 e. The van der Waals surface area contributed by atoms with Crippen LogP contribution in [-0.4, -0.2) is 13.1 Å². The van der Waals surface area contributed by atoms with Crippen LogP contribution in [0.2, 0.25) is 0 Å². The van der Waals surface area contributed by atoms with Crippen molar-refractivity contribution in [3.05, 3.63) is 21.9 Å². The van der Waals surface area contributed by atoms with Crippen LogP contribution in [0.1, 0.15) is 55.0 Å². The highest BCUT2D eigenvalue weighted by Gasteiger charge is 2.38. The predicted octanol–water partition coefficient (Wildman–Crippen LogP) is 3.57. The molecule has 0 radical (unpaired) electrons. The molecule has 1 saturated carbocycles. The summed E-state index contributed by atoms with van der Waals surface area (Å²) in [5.74, 6) is -0.1000. The molecule has 1 atom stereocenters. The summed E-state index contributed by atoms with van der Waals surface area (Å²) in [5.41, 5.74) is 7.71. The van der Waals surface area contributed by atoms with Gasteiger partial charge in [-0.3, -0.25) is 4.79 Å². The Kier molecular flexibility index (Phi) is 4.63. The molecule has 0 aromatic carbocycles. The number of carbonyl (C=O) groups excluding carboxylic acids is 1. The summed E-state index contributed by atoms with van der Waals surface area (Å²) in [6.07, 6.45) is 6.01. The fraction of sp³-hybridized carbons (Fsp3) is 0.667. The van der Waals surface area contributed by atoms with Gasteiger partial charge in [0.1, 0.15) is 0 Å². The van der Waals surface area contributed by atoms with Crippen molar-refractivity contribution in [3.63, 3.8) is 0 Å². The molecule has 19 heavy (non-hydrogen) atoms. The molecule has 2 N–H and O–H groups in total. The summed E-state index contributed by atoms with van der Waals surface area (Å²) >= 11 is 1.72. The summed E-state index contributed by atoms with van der Waals surface area (Å²) in [7, 11) is 1.47. The van der Waals surface area contributed by atoms with Crippen LogP contribution in [0.25, 0.3) is 0 Å². The second-order valence-electron chi connectivity index (χ2n) is 5.74. The number of rotatable bonds is 5. The van der Waals surface area contributed by atoms with Gasteiger partial charge < -0.3 is 10.5 Å². The number of esters is 1. The van der Waals surface area contributed by atoms with Crippen LogP contribution in [0, 0.1) is 12.3 Å². The Morgan fingerprint density at radius 3 is 2.74 bits per heavy atom. The third-order valence-electron chi connectivity index (χ3n) is 4.30. The third-order valence-corrected chi connectivity index (χ3v) is 5.45. The van der Waals surface area contributed by atoms with Crippen LogP contribution in [0.15, 0.2) is 11.4 Å². The zero-order valence-corrected chi connectivity index (χ0v) is 12.6. The smallest absolute Gasteiger partial charge is 0.306 e. The van der Waals surface area contributed by atoms with E-state index in [9.17, 15) is 4.79 Å². The topological polar surface area (TPSA) is 52.3 Å². The maximum Gasteiger partial charge on any atom is 0.306 e. The van der Waals surface area contributed by atoms with E-state index >= 15 is 0 Å². The van der Waals surface area contributed by atoms with E-state index in [0.29, 0.717) is 6.42 Å². The zero-order valence-electron chi connectivity index (χ0n) is 11.8. The summed E-state index contributed by atoms with van der Waals surface area (Å²) in [6.45, 7) is 2.10. The molecule has 1 aromatic rings. The first kappa shape index (κ1) is 14.5. The summed E-state index contributed by atoms with van der Waals surface area (Å²) in [6, 6.07) is 2.16. The highest BCUT2D eigenvalue weighted by molar-refractivity contribution is 7.10. The Bertz CT molecular complexity index is 435. The molecular weight excluding hydrogens is 258 g/mol. The van der Waals surface area contributed by atoms with E-state index in [1.54, 1.807) is 11.3 Å². The monoisotopic (exact) mass is 281 g/mol. The fourth-order valence-electron chi connectivity index (χ4n) is 3.28. The maximum absolute atomic E-state index is 11.6. The Morgan fingerprint density at radius 2 is 2.21 bits per heavy atom. The molecule has 1 unspecified atom stereocenters. The molecule has 1 aromatic heterocycles. The quantitative estimate of drug-likeness (QED) is 0.839. The lowest BCUT2D eigenvalue weighted by atomic mass is 9.77. The van der Waals surface area contributed by atoms with Gasteiger partial charge in [0.05, 0.1) is 13.5 Å². The van der Waals surface area contributed by atoms with Crippen LogP contribution >= 0.6 is 11.3 Å². The minimum absolute atomic E-state index is 0.0442. The van der Waals surface area contributed by atoms with Crippen LogP contribution in [0.3, 0.4) is 0 Å². The number of thiophene rings is 1. The molecule has 0 amide bonds. The lowest BCUT2D eigenvalue weighted by Gasteiger charge is -2.30. The van der Waals surface area contributed by atoms with Crippen LogP contribution in [-0.2, 0) is 9.53 Å². The first-order valence-electron chi connectivity index (χ1n) is 6.93. The van der Waals surface area contributed by atoms with Gasteiger partial charge in [-0.05, 0) is 48.6 Å². The Hall–Kier alpha value is -0.870. The molecule has 0 bridgehead atoms. The van der Waals surface area contributed by atoms with E-state index in [1.165, 1.54) is 30.4 Å². The fourth-order valence-corrected chi connectivity index (χ4v) is 4.21. The number of hydrogen-bond donors (Lipinski definition) is 1. The molecule has 1 aliphatic rings. The van der Waals surface area contributed by atoms with Crippen molar-refractivity contribution in [2.24, 2.45) is 11.1 Å². The Balaban J connectivity index is 2.08. The second kappa shape index (κ2) is 6.06. The molecule has 1 fully saturated rings. The standard InChI is InChI=1S/C15H23NO2S/c1-11-5-8-19-14(11)12(16)9-15(6-3-4-7-15)10-13(17)18-2/h5,8,12H,3-4,6-7,9-10,16H2,1-2H3. The predicted molar refractivity (Wildman–Crippen MR) is 78.1 cm³/mol. The average molecular weight is 281 g/mol. The molecular formula is C15H23NO2S. The molecule has 0 saturated heterocycles. The number of hydrogen-bond acceptors (Lipinski definition) is 4. The number of carbonyl (C=O) groups is 1. The molecule has 2 rings (SSSR count). The summed E-state index contributed by atoms with van der Waals surface area (Å²) < 4.78 is 4.86. The van der Waals surface area contributed by atoms with E-state index in [1.807, 2.05) is 0 Å². The molecule has 106 valence electrons. The number of nitrogens with two attached hydrogens (primary N) is 1. The lowest BCUT2D eigenvalue weighted by Crippen LogP contribution is -2.27. The number of aryl methyl sites for hydroxylation is 1. The lowest BCUT2D eigenvalue weighted by molar-refractivity contribution is -0.143. The third kappa shape index (κ3) is 3.37. The summed E-state index contributed by atoms with van der Waals surface area (Å²) in [5, 5.41) is 2.09. The van der Waals surface area contributed by atoms with E-state index in [2.05, 4.69) is 18.4 Å². The van der Waals surface area contributed by atoms with Crippen LogP contribution in [0.5, 0.6) is 0 Å². The van der Waals surface area contributed by atoms with Gasteiger partial charge >= 0.3 is 5.97 Å².